The lowest BCUT2D eigenvalue weighted by Crippen LogP contribution is -2.33. The van der Waals surface area contributed by atoms with Crippen LogP contribution in [0.25, 0.3) is 0 Å². The molecule has 1 saturated carbocycles. The number of nitrogens with zero attached hydrogens (tertiary/aromatic N) is 2. The molecular weight excluding hydrogens is 234 g/mol. The Kier molecular flexibility index (Phi) is 4.43. The van der Waals surface area contributed by atoms with Crippen LogP contribution in [-0.4, -0.2) is 16.0 Å². The molecule has 1 aliphatic rings. The molecule has 3 unspecified atom stereocenters. The lowest BCUT2D eigenvalue weighted by molar-refractivity contribution is 0.276. The number of aryl methyl sites for hydroxylation is 1. The minimum atomic E-state index is 0.379. The normalized spacial score (nSPS) is 27.6. The van der Waals surface area contributed by atoms with Crippen LogP contribution in [0.15, 0.2) is 6.07 Å². The zero-order chi connectivity index (χ0) is 14.0. The van der Waals surface area contributed by atoms with Gasteiger partial charge in [-0.05, 0) is 38.0 Å². The van der Waals surface area contributed by atoms with Crippen LogP contribution in [0.4, 0.5) is 5.82 Å². The highest BCUT2D eigenvalue weighted by atomic mass is 15.1. The molecule has 106 valence electrons. The van der Waals surface area contributed by atoms with Gasteiger partial charge >= 0.3 is 0 Å². The third kappa shape index (κ3) is 3.68. The first-order valence-corrected chi connectivity index (χ1v) is 7.57. The van der Waals surface area contributed by atoms with Gasteiger partial charge in [0.25, 0.3) is 0 Å². The van der Waals surface area contributed by atoms with Crippen molar-refractivity contribution in [2.45, 2.75) is 65.8 Å². The molecule has 1 heterocycles. The van der Waals surface area contributed by atoms with Gasteiger partial charge in [0.15, 0.2) is 0 Å². The van der Waals surface area contributed by atoms with E-state index in [1.54, 1.807) is 0 Å². The molecule has 0 amide bonds. The Hall–Kier alpha value is -1.12. The largest absolute Gasteiger partial charge is 0.367 e. The predicted molar refractivity (Wildman–Crippen MR) is 80.4 cm³/mol. The fraction of sp³-hybridized carbons (Fsp3) is 0.750. The highest BCUT2D eigenvalue weighted by molar-refractivity contribution is 5.37. The molecule has 0 radical (unpaired) electrons. The van der Waals surface area contributed by atoms with Crippen molar-refractivity contribution in [2.24, 2.45) is 11.8 Å². The topological polar surface area (TPSA) is 37.8 Å². The van der Waals surface area contributed by atoms with Crippen LogP contribution in [0, 0.1) is 18.8 Å². The maximum atomic E-state index is 4.66. The van der Waals surface area contributed by atoms with Crippen LogP contribution in [0.3, 0.4) is 0 Å². The van der Waals surface area contributed by atoms with E-state index in [2.05, 4.69) is 49.0 Å². The summed E-state index contributed by atoms with van der Waals surface area (Å²) in [6.07, 6.45) is 3.89. The molecule has 3 heteroatoms. The summed E-state index contributed by atoms with van der Waals surface area (Å²) >= 11 is 0. The van der Waals surface area contributed by atoms with Gasteiger partial charge in [0.1, 0.15) is 11.6 Å². The van der Waals surface area contributed by atoms with Crippen molar-refractivity contribution < 1.29 is 0 Å². The highest BCUT2D eigenvalue weighted by Crippen LogP contribution is 2.30. The van der Waals surface area contributed by atoms with Crippen molar-refractivity contribution in [3.8, 4) is 0 Å². The second kappa shape index (κ2) is 5.89. The van der Waals surface area contributed by atoms with Crippen molar-refractivity contribution in [1.29, 1.82) is 0 Å². The Labute approximate surface area is 117 Å². The summed E-state index contributed by atoms with van der Waals surface area (Å²) in [4.78, 5) is 9.16. The quantitative estimate of drug-likeness (QED) is 0.888. The summed E-state index contributed by atoms with van der Waals surface area (Å²) in [6, 6.07) is 2.63. The SMILES string of the molecule is Cc1cc(NC2CCC(C)CC2C)nc(C(C)C)n1. The van der Waals surface area contributed by atoms with Gasteiger partial charge < -0.3 is 5.32 Å². The smallest absolute Gasteiger partial charge is 0.133 e. The third-order valence-electron chi connectivity index (χ3n) is 4.15. The first-order valence-electron chi connectivity index (χ1n) is 7.57. The fourth-order valence-corrected chi connectivity index (χ4v) is 2.99. The number of nitrogens with one attached hydrogen (secondary N) is 1. The predicted octanol–water partition coefficient (Wildman–Crippen LogP) is 4.15. The van der Waals surface area contributed by atoms with E-state index >= 15 is 0 Å². The Morgan fingerprint density at radius 1 is 1.21 bits per heavy atom. The first-order chi connectivity index (χ1) is 8.95. The zero-order valence-electron chi connectivity index (χ0n) is 12.9. The summed E-state index contributed by atoms with van der Waals surface area (Å²) in [5.74, 6) is 3.92. The Morgan fingerprint density at radius 2 is 1.95 bits per heavy atom. The summed E-state index contributed by atoms with van der Waals surface area (Å²) in [6.45, 7) is 11.0. The van der Waals surface area contributed by atoms with Gasteiger partial charge in [-0.25, -0.2) is 9.97 Å². The van der Waals surface area contributed by atoms with E-state index in [4.69, 9.17) is 0 Å². The van der Waals surface area contributed by atoms with E-state index in [1.165, 1.54) is 19.3 Å². The molecule has 1 aromatic heterocycles. The lowest BCUT2D eigenvalue weighted by Gasteiger charge is -2.33. The molecule has 1 aromatic rings. The summed E-state index contributed by atoms with van der Waals surface area (Å²) < 4.78 is 0. The molecule has 0 bridgehead atoms. The Bertz CT molecular complexity index is 428. The maximum absolute atomic E-state index is 4.66. The Balaban J connectivity index is 2.10. The van der Waals surface area contributed by atoms with Crippen LogP contribution in [-0.2, 0) is 0 Å². The number of anilines is 1. The van der Waals surface area contributed by atoms with E-state index in [0.717, 1.165) is 29.2 Å². The van der Waals surface area contributed by atoms with Gasteiger partial charge in [-0.1, -0.05) is 27.7 Å². The van der Waals surface area contributed by atoms with Crippen LogP contribution < -0.4 is 5.32 Å². The van der Waals surface area contributed by atoms with Gasteiger partial charge in [-0.2, -0.15) is 0 Å². The van der Waals surface area contributed by atoms with Crippen molar-refractivity contribution in [3.05, 3.63) is 17.6 Å². The zero-order valence-corrected chi connectivity index (χ0v) is 12.9. The maximum Gasteiger partial charge on any atom is 0.133 e. The molecule has 2 rings (SSSR count). The summed E-state index contributed by atoms with van der Waals surface area (Å²) in [7, 11) is 0. The van der Waals surface area contributed by atoms with Gasteiger partial charge in [0.05, 0.1) is 0 Å². The van der Waals surface area contributed by atoms with E-state index in [0.29, 0.717) is 12.0 Å². The standard InChI is InChI=1S/C16H27N3/c1-10(2)16-17-13(5)9-15(19-16)18-14-7-6-11(3)8-12(14)4/h9-12,14H,6-8H2,1-5H3,(H,17,18,19). The fourth-order valence-electron chi connectivity index (χ4n) is 2.99. The monoisotopic (exact) mass is 261 g/mol. The molecule has 3 atom stereocenters. The van der Waals surface area contributed by atoms with Crippen LogP contribution in [0.5, 0.6) is 0 Å². The van der Waals surface area contributed by atoms with E-state index in [1.807, 2.05) is 6.92 Å². The number of rotatable bonds is 3. The number of hydrogen-bond donors (Lipinski definition) is 1. The third-order valence-corrected chi connectivity index (χ3v) is 4.15. The lowest BCUT2D eigenvalue weighted by atomic mass is 9.80. The Morgan fingerprint density at radius 3 is 2.58 bits per heavy atom. The molecule has 1 N–H and O–H groups in total. The second-order valence-electron chi connectivity index (χ2n) is 6.55. The van der Waals surface area contributed by atoms with Crippen molar-refractivity contribution in [1.82, 2.24) is 9.97 Å². The average molecular weight is 261 g/mol. The van der Waals surface area contributed by atoms with Gasteiger partial charge in [-0.3, -0.25) is 0 Å². The molecule has 19 heavy (non-hydrogen) atoms. The highest BCUT2D eigenvalue weighted by Gasteiger charge is 2.25. The average Bonchev–Trinajstić information content (AvgIpc) is 2.32. The van der Waals surface area contributed by atoms with Gasteiger partial charge in [0.2, 0.25) is 0 Å². The molecule has 0 aromatic carbocycles. The molecule has 1 fully saturated rings. The van der Waals surface area contributed by atoms with Gasteiger partial charge in [0, 0.05) is 23.7 Å². The number of hydrogen-bond acceptors (Lipinski definition) is 3. The van der Waals surface area contributed by atoms with E-state index in [9.17, 15) is 0 Å². The molecule has 0 spiro atoms. The van der Waals surface area contributed by atoms with Crippen LogP contribution in [0.1, 0.15) is 64.4 Å². The second-order valence-corrected chi connectivity index (χ2v) is 6.55. The van der Waals surface area contributed by atoms with Crippen molar-refractivity contribution >= 4 is 5.82 Å². The van der Waals surface area contributed by atoms with E-state index in [-0.39, 0.29) is 0 Å². The molecular formula is C16H27N3. The van der Waals surface area contributed by atoms with Crippen LogP contribution >= 0.6 is 0 Å². The van der Waals surface area contributed by atoms with Crippen molar-refractivity contribution in [3.63, 3.8) is 0 Å². The van der Waals surface area contributed by atoms with Crippen molar-refractivity contribution in [2.75, 3.05) is 5.32 Å². The summed E-state index contributed by atoms with van der Waals surface area (Å²) in [5.41, 5.74) is 1.05. The molecule has 3 nitrogen and oxygen atoms in total. The first kappa shape index (κ1) is 14.3. The molecule has 0 aliphatic heterocycles. The number of aromatic nitrogens is 2. The summed E-state index contributed by atoms with van der Waals surface area (Å²) in [5, 5.41) is 3.64. The minimum absolute atomic E-state index is 0.379. The minimum Gasteiger partial charge on any atom is -0.367 e. The molecule has 1 aliphatic carbocycles. The molecule has 0 saturated heterocycles. The van der Waals surface area contributed by atoms with E-state index < -0.39 is 0 Å². The van der Waals surface area contributed by atoms with Crippen LogP contribution in [0.2, 0.25) is 0 Å². The van der Waals surface area contributed by atoms with Gasteiger partial charge in [-0.15, -0.1) is 0 Å².